The standard InChI is InChI=1S/C19H16FN3O2/c20-14-8-6-13(7-9-14)19-22-17(23-25-19)11-21-18(24)16-10-15(16)12-4-2-1-3-5-12/h1-9,15-16H,10-11H2,(H,21,24)/t15-,16-/m1/s1. The monoisotopic (exact) mass is 337 g/mol. The maximum Gasteiger partial charge on any atom is 0.257 e. The van der Waals surface area contributed by atoms with Gasteiger partial charge in [-0.05, 0) is 42.2 Å². The first-order valence-electron chi connectivity index (χ1n) is 8.12. The van der Waals surface area contributed by atoms with Gasteiger partial charge in [0.1, 0.15) is 5.82 Å². The van der Waals surface area contributed by atoms with Crippen molar-refractivity contribution in [3.8, 4) is 11.5 Å². The molecule has 1 saturated carbocycles. The largest absolute Gasteiger partial charge is 0.348 e. The number of amides is 1. The van der Waals surface area contributed by atoms with E-state index in [0.29, 0.717) is 23.2 Å². The molecule has 2 aromatic carbocycles. The summed E-state index contributed by atoms with van der Waals surface area (Å²) in [6.07, 6.45) is 0.864. The van der Waals surface area contributed by atoms with Crippen LogP contribution in [0.25, 0.3) is 11.5 Å². The smallest absolute Gasteiger partial charge is 0.257 e. The van der Waals surface area contributed by atoms with Crippen LogP contribution in [-0.2, 0) is 11.3 Å². The second-order valence-corrected chi connectivity index (χ2v) is 6.10. The molecular formula is C19H16FN3O2. The number of carbonyl (C=O) groups excluding carboxylic acids is 1. The van der Waals surface area contributed by atoms with Crippen molar-refractivity contribution in [1.29, 1.82) is 0 Å². The first-order chi connectivity index (χ1) is 12.2. The van der Waals surface area contributed by atoms with Gasteiger partial charge in [0.25, 0.3) is 5.89 Å². The van der Waals surface area contributed by atoms with E-state index in [9.17, 15) is 9.18 Å². The average molecular weight is 337 g/mol. The van der Waals surface area contributed by atoms with E-state index in [0.717, 1.165) is 6.42 Å². The van der Waals surface area contributed by atoms with Crippen molar-refractivity contribution < 1.29 is 13.7 Å². The van der Waals surface area contributed by atoms with E-state index in [-0.39, 0.29) is 24.2 Å². The minimum Gasteiger partial charge on any atom is -0.348 e. The van der Waals surface area contributed by atoms with Crippen molar-refractivity contribution in [2.24, 2.45) is 5.92 Å². The molecular weight excluding hydrogens is 321 g/mol. The van der Waals surface area contributed by atoms with Crippen molar-refractivity contribution in [3.05, 3.63) is 71.8 Å². The van der Waals surface area contributed by atoms with Crippen LogP contribution in [0.3, 0.4) is 0 Å². The van der Waals surface area contributed by atoms with Crippen LogP contribution >= 0.6 is 0 Å². The third-order valence-corrected chi connectivity index (χ3v) is 4.33. The number of hydrogen-bond acceptors (Lipinski definition) is 4. The van der Waals surface area contributed by atoms with Crippen molar-refractivity contribution >= 4 is 5.91 Å². The van der Waals surface area contributed by atoms with Gasteiger partial charge in [0.15, 0.2) is 5.82 Å². The Morgan fingerprint density at radius 1 is 1.16 bits per heavy atom. The van der Waals surface area contributed by atoms with E-state index in [2.05, 4.69) is 15.5 Å². The summed E-state index contributed by atoms with van der Waals surface area (Å²) >= 11 is 0. The zero-order valence-corrected chi connectivity index (χ0v) is 13.4. The molecule has 4 rings (SSSR count). The number of benzene rings is 2. The highest BCUT2D eigenvalue weighted by Crippen LogP contribution is 2.47. The first-order valence-corrected chi connectivity index (χ1v) is 8.12. The number of nitrogens with one attached hydrogen (secondary N) is 1. The summed E-state index contributed by atoms with van der Waals surface area (Å²) in [5, 5.41) is 6.70. The molecule has 1 aromatic heterocycles. The Morgan fingerprint density at radius 3 is 2.68 bits per heavy atom. The van der Waals surface area contributed by atoms with Crippen LogP contribution in [0.15, 0.2) is 59.1 Å². The van der Waals surface area contributed by atoms with Gasteiger partial charge in [-0.15, -0.1) is 0 Å². The van der Waals surface area contributed by atoms with Gasteiger partial charge in [0, 0.05) is 11.5 Å². The Hall–Kier alpha value is -3.02. The number of rotatable bonds is 5. The zero-order valence-electron chi connectivity index (χ0n) is 13.4. The molecule has 1 heterocycles. The number of halogens is 1. The summed E-state index contributed by atoms with van der Waals surface area (Å²) in [4.78, 5) is 16.5. The second-order valence-electron chi connectivity index (χ2n) is 6.10. The minimum atomic E-state index is -0.326. The first kappa shape index (κ1) is 15.5. The molecule has 0 spiro atoms. The third kappa shape index (κ3) is 3.42. The molecule has 0 saturated heterocycles. The van der Waals surface area contributed by atoms with Gasteiger partial charge in [-0.3, -0.25) is 4.79 Å². The number of nitrogens with zero attached hydrogens (tertiary/aromatic N) is 2. The van der Waals surface area contributed by atoms with Crippen LogP contribution in [0.2, 0.25) is 0 Å². The molecule has 126 valence electrons. The van der Waals surface area contributed by atoms with Crippen molar-refractivity contribution in [1.82, 2.24) is 15.5 Å². The molecule has 1 aliphatic rings. The lowest BCUT2D eigenvalue weighted by atomic mass is 10.1. The number of aromatic nitrogens is 2. The van der Waals surface area contributed by atoms with E-state index < -0.39 is 0 Å². The minimum absolute atomic E-state index is 0.00184. The van der Waals surface area contributed by atoms with E-state index in [1.54, 1.807) is 12.1 Å². The van der Waals surface area contributed by atoms with Crippen LogP contribution in [0.4, 0.5) is 4.39 Å². The highest BCUT2D eigenvalue weighted by molar-refractivity contribution is 5.82. The van der Waals surface area contributed by atoms with Crippen molar-refractivity contribution in [2.45, 2.75) is 18.9 Å². The molecule has 0 aliphatic heterocycles. The number of hydrogen-bond donors (Lipinski definition) is 1. The van der Waals surface area contributed by atoms with E-state index in [4.69, 9.17) is 4.52 Å². The molecule has 2 atom stereocenters. The Labute approximate surface area is 143 Å². The summed E-state index contributed by atoms with van der Waals surface area (Å²) in [6, 6.07) is 15.8. The summed E-state index contributed by atoms with van der Waals surface area (Å²) in [5.41, 5.74) is 1.83. The van der Waals surface area contributed by atoms with Gasteiger partial charge < -0.3 is 9.84 Å². The topological polar surface area (TPSA) is 68.0 Å². The molecule has 6 heteroatoms. The molecule has 3 aromatic rings. The Balaban J connectivity index is 1.33. The van der Waals surface area contributed by atoms with Gasteiger partial charge >= 0.3 is 0 Å². The lowest BCUT2D eigenvalue weighted by molar-refractivity contribution is -0.122. The predicted octanol–water partition coefficient (Wildman–Crippen LogP) is 3.30. The highest BCUT2D eigenvalue weighted by Gasteiger charge is 2.43. The normalized spacial score (nSPS) is 18.8. The summed E-state index contributed by atoms with van der Waals surface area (Å²) in [5.74, 6) is 0.671. The molecule has 1 aliphatic carbocycles. The Kier molecular flexibility index (Phi) is 4.01. The van der Waals surface area contributed by atoms with Gasteiger partial charge in [0.05, 0.1) is 6.54 Å². The highest BCUT2D eigenvalue weighted by atomic mass is 19.1. The molecule has 1 fully saturated rings. The zero-order chi connectivity index (χ0) is 17.2. The fourth-order valence-electron chi connectivity index (χ4n) is 2.89. The lowest BCUT2D eigenvalue weighted by Gasteiger charge is -2.02. The summed E-state index contributed by atoms with van der Waals surface area (Å²) in [7, 11) is 0. The van der Waals surface area contributed by atoms with Gasteiger partial charge in [-0.25, -0.2) is 4.39 Å². The quantitative estimate of drug-likeness (QED) is 0.776. The van der Waals surface area contributed by atoms with Gasteiger partial charge in [0.2, 0.25) is 5.91 Å². The van der Waals surface area contributed by atoms with E-state index in [1.165, 1.54) is 17.7 Å². The number of carbonyl (C=O) groups is 1. The molecule has 0 radical (unpaired) electrons. The maximum absolute atomic E-state index is 12.9. The third-order valence-electron chi connectivity index (χ3n) is 4.33. The average Bonchev–Trinajstić information content (AvgIpc) is 3.32. The lowest BCUT2D eigenvalue weighted by Crippen LogP contribution is -2.25. The maximum atomic E-state index is 12.9. The van der Waals surface area contributed by atoms with Crippen molar-refractivity contribution in [3.63, 3.8) is 0 Å². The fraction of sp³-hybridized carbons (Fsp3) is 0.211. The molecule has 1 amide bonds. The summed E-state index contributed by atoms with van der Waals surface area (Å²) < 4.78 is 18.1. The molecule has 0 bridgehead atoms. The van der Waals surface area contributed by atoms with Gasteiger partial charge in [-0.1, -0.05) is 35.5 Å². The SMILES string of the molecule is O=C(NCc1noc(-c2ccc(F)cc2)n1)[C@@H]1C[C@@H]1c1ccccc1. The van der Waals surface area contributed by atoms with Gasteiger partial charge in [-0.2, -0.15) is 4.98 Å². The van der Waals surface area contributed by atoms with Crippen molar-refractivity contribution in [2.75, 3.05) is 0 Å². The van der Waals surface area contributed by atoms with Crippen LogP contribution in [0, 0.1) is 11.7 Å². The van der Waals surface area contributed by atoms with Crippen LogP contribution in [0.5, 0.6) is 0 Å². The van der Waals surface area contributed by atoms with E-state index in [1.807, 2.05) is 30.3 Å². The van der Waals surface area contributed by atoms with Crippen LogP contribution < -0.4 is 5.32 Å². The Morgan fingerprint density at radius 2 is 1.92 bits per heavy atom. The molecule has 1 N–H and O–H groups in total. The van der Waals surface area contributed by atoms with Crippen LogP contribution in [-0.4, -0.2) is 16.0 Å². The van der Waals surface area contributed by atoms with Crippen LogP contribution in [0.1, 0.15) is 23.7 Å². The molecule has 5 nitrogen and oxygen atoms in total. The van der Waals surface area contributed by atoms with E-state index >= 15 is 0 Å². The second kappa shape index (κ2) is 6.47. The summed E-state index contributed by atoms with van der Waals surface area (Å²) in [6.45, 7) is 0.210. The fourth-order valence-corrected chi connectivity index (χ4v) is 2.89. The molecule has 0 unspecified atom stereocenters. The molecule has 25 heavy (non-hydrogen) atoms. The Bertz CT molecular complexity index is 877. The predicted molar refractivity (Wildman–Crippen MR) is 88.8 cm³/mol.